The lowest BCUT2D eigenvalue weighted by atomic mass is 9.93. The van der Waals surface area contributed by atoms with Crippen LogP contribution in [-0.4, -0.2) is 62.1 Å². The number of likely N-dealkylation sites (tertiary alicyclic amines) is 2. The number of guanidine groups is 1. The Balaban J connectivity index is 1.57. The smallest absolute Gasteiger partial charge is 0.193 e. The molecular weight excluding hydrogens is 272 g/mol. The lowest BCUT2D eigenvalue weighted by Gasteiger charge is -2.30. The van der Waals surface area contributed by atoms with E-state index in [0.717, 1.165) is 31.5 Å². The predicted molar refractivity (Wildman–Crippen MR) is 95.4 cm³/mol. The van der Waals surface area contributed by atoms with Gasteiger partial charge in [-0.3, -0.25) is 4.99 Å². The second-order valence-corrected chi connectivity index (χ2v) is 8.04. The van der Waals surface area contributed by atoms with Gasteiger partial charge in [-0.1, -0.05) is 20.8 Å². The third-order valence-corrected chi connectivity index (χ3v) is 5.25. The molecule has 0 spiro atoms. The van der Waals surface area contributed by atoms with Crippen LogP contribution < -0.4 is 5.32 Å². The van der Waals surface area contributed by atoms with Gasteiger partial charge in [0.2, 0.25) is 0 Å². The van der Waals surface area contributed by atoms with Crippen molar-refractivity contribution in [1.82, 2.24) is 15.1 Å². The van der Waals surface area contributed by atoms with Gasteiger partial charge in [0.05, 0.1) is 0 Å². The molecule has 4 heteroatoms. The van der Waals surface area contributed by atoms with E-state index in [0.29, 0.717) is 5.41 Å². The van der Waals surface area contributed by atoms with Crippen molar-refractivity contribution in [3.63, 3.8) is 0 Å². The van der Waals surface area contributed by atoms with Crippen LogP contribution in [0.5, 0.6) is 0 Å². The van der Waals surface area contributed by atoms with Crippen LogP contribution in [0.3, 0.4) is 0 Å². The van der Waals surface area contributed by atoms with E-state index in [1.807, 2.05) is 7.05 Å². The summed E-state index contributed by atoms with van der Waals surface area (Å²) in [5.74, 6) is 2.03. The predicted octanol–water partition coefficient (Wildman–Crippen LogP) is 2.81. The van der Waals surface area contributed by atoms with Crippen molar-refractivity contribution < 1.29 is 0 Å². The lowest BCUT2D eigenvalue weighted by molar-refractivity contribution is 0.189. The minimum absolute atomic E-state index is 0.434. The first kappa shape index (κ1) is 17.6. The Labute approximate surface area is 137 Å². The molecule has 2 aliphatic heterocycles. The second-order valence-electron chi connectivity index (χ2n) is 8.04. The Morgan fingerprint density at radius 2 is 1.91 bits per heavy atom. The first-order valence-corrected chi connectivity index (χ1v) is 9.18. The zero-order valence-electron chi connectivity index (χ0n) is 15.2. The molecule has 2 heterocycles. The number of hydrogen-bond acceptors (Lipinski definition) is 2. The van der Waals surface area contributed by atoms with Gasteiger partial charge in [0, 0.05) is 26.7 Å². The number of unbranched alkanes of at least 4 members (excludes halogenated alkanes) is 1. The molecule has 0 atom stereocenters. The number of hydrogen-bond donors (Lipinski definition) is 1. The summed E-state index contributed by atoms with van der Waals surface area (Å²) in [5, 5.41) is 3.55. The van der Waals surface area contributed by atoms with Crippen molar-refractivity contribution in [2.75, 3.05) is 46.3 Å². The van der Waals surface area contributed by atoms with Gasteiger partial charge in [-0.25, -0.2) is 0 Å². The largest absolute Gasteiger partial charge is 0.356 e. The maximum atomic E-state index is 4.45. The fraction of sp³-hybridized carbons (Fsp3) is 0.944. The van der Waals surface area contributed by atoms with Crippen LogP contribution >= 0.6 is 0 Å². The standard InChI is InChI=1S/C18H36N4/c1-16-7-12-21(13-8-16)11-6-5-10-20-17(19-4)22-14-9-18(2,3)15-22/h16H,5-15H2,1-4H3,(H,19,20). The highest BCUT2D eigenvalue weighted by Crippen LogP contribution is 2.28. The molecule has 0 radical (unpaired) electrons. The fourth-order valence-electron chi connectivity index (χ4n) is 3.57. The number of aliphatic imine (C=N–C) groups is 1. The monoisotopic (exact) mass is 308 g/mol. The number of piperidine rings is 1. The van der Waals surface area contributed by atoms with E-state index < -0.39 is 0 Å². The number of nitrogens with one attached hydrogen (secondary N) is 1. The molecule has 2 saturated heterocycles. The Morgan fingerprint density at radius 3 is 2.50 bits per heavy atom. The molecular formula is C18H36N4. The second kappa shape index (κ2) is 8.19. The fourth-order valence-corrected chi connectivity index (χ4v) is 3.57. The normalized spacial score (nSPS) is 24.0. The quantitative estimate of drug-likeness (QED) is 0.481. The van der Waals surface area contributed by atoms with Gasteiger partial charge in [-0.05, 0) is 63.1 Å². The zero-order chi connectivity index (χ0) is 16.0. The summed E-state index contributed by atoms with van der Waals surface area (Å²) in [4.78, 5) is 9.50. The molecule has 0 aromatic carbocycles. The Morgan fingerprint density at radius 1 is 1.18 bits per heavy atom. The summed E-state index contributed by atoms with van der Waals surface area (Å²) in [6.45, 7) is 14.3. The SMILES string of the molecule is CN=C(NCCCCN1CCC(C)CC1)N1CCC(C)(C)C1. The van der Waals surface area contributed by atoms with Crippen molar-refractivity contribution >= 4 is 5.96 Å². The molecule has 128 valence electrons. The van der Waals surface area contributed by atoms with Gasteiger partial charge >= 0.3 is 0 Å². The van der Waals surface area contributed by atoms with Gasteiger partial charge in [0.15, 0.2) is 5.96 Å². The molecule has 1 N–H and O–H groups in total. The summed E-state index contributed by atoms with van der Waals surface area (Å²) in [7, 11) is 1.91. The van der Waals surface area contributed by atoms with Gasteiger partial charge in [-0.2, -0.15) is 0 Å². The van der Waals surface area contributed by atoms with Crippen molar-refractivity contribution in [2.45, 2.75) is 52.9 Å². The maximum absolute atomic E-state index is 4.45. The average Bonchev–Trinajstić information content (AvgIpc) is 2.85. The van der Waals surface area contributed by atoms with Crippen LogP contribution in [-0.2, 0) is 0 Å². The highest BCUT2D eigenvalue weighted by atomic mass is 15.3. The third kappa shape index (κ3) is 5.45. The summed E-state index contributed by atoms with van der Waals surface area (Å²) < 4.78 is 0. The number of nitrogens with zero attached hydrogens (tertiary/aromatic N) is 3. The van der Waals surface area contributed by atoms with Crippen LogP contribution in [0.1, 0.15) is 52.9 Å². The molecule has 0 amide bonds. The van der Waals surface area contributed by atoms with Gasteiger partial charge in [0.25, 0.3) is 0 Å². The van der Waals surface area contributed by atoms with Crippen LogP contribution in [0.25, 0.3) is 0 Å². The van der Waals surface area contributed by atoms with E-state index in [-0.39, 0.29) is 0 Å². The van der Waals surface area contributed by atoms with E-state index in [4.69, 9.17) is 0 Å². The van der Waals surface area contributed by atoms with Gasteiger partial charge in [0.1, 0.15) is 0 Å². The molecule has 0 unspecified atom stereocenters. The van der Waals surface area contributed by atoms with Crippen molar-refractivity contribution in [1.29, 1.82) is 0 Å². The Kier molecular flexibility index (Phi) is 6.54. The van der Waals surface area contributed by atoms with Crippen molar-refractivity contribution in [3.05, 3.63) is 0 Å². The Bertz CT molecular complexity index is 356. The summed E-state index contributed by atoms with van der Waals surface area (Å²) >= 11 is 0. The molecule has 0 saturated carbocycles. The van der Waals surface area contributed by atoms with Crippen molar-refractivity contribution in [2.24, 2.45) is 16.3 Å². The zero-order valence-corrected chi connectivity index (χ0v) is 15.2. The summed E-state index contributed by atoms with van der Waals surface area (Å²) in [5.41, 5.74) is 0.434. The van der Waals surface area contributed by atoms with Crippen LogP contribution in [0.15, 0.2) is 4.99 Å². The van der Waals surface area contributed by atoms with Gasteiger partial charge < -0.3 is 15.1 Å². The molecule has 0 aromatic heterocycles. The van der Waals surface area contributed by atoms with E-state index in [1.165, 1.54) is 51.7 Å². The summed E-state index contributed by atoms with van der Waals surface area (Å²) in [6.07, 6.45) is 6.57. The molecule has 0 aliphatic carbocycles. The average molecular weight is 309 g/mol. The van der Waals surface area contributed by atoms with Gasteiger partial charge in [-0.15, -0.1) is 0 Å². The van der Waals surface area contributed by atoms with E-state index in [1.54, 1.807) is 0 Å². The molecule has 2 fully saturated rings. The minimum Gasteiger partial charge on any atom is -0.356 e. The molecule has 2 rings (SSSR count). The minimum atomic E-state index is 0.434. The van der Waals surface area contributed by atoms with E-state index in [9.17, 15) is 0 Å². The van der Waals surface area contributed by atoms with Crippen molar-refractivity contribution in [3.8, 4) is 0 Å². The summed E-state index contributed by atoms with van der Waals surface area (Å²) in [6, 6.07) is 0. The molecule has 22 heavy (non-hydrogen) atoms. The lowest BCUT2D eigenvalue weighted by Crippen LogP contribution is -2.41. The molecule has 2 aliphatic rings. The first-order chi connectivity index (χ1) is 10.5. The van der Waals surface area contributed by atoms with Crippen LogP contribution in [0, 0.1) is 11.3 Å². The molecule has 0 aromatic rings. The highest BCUT2D eigenvalue weighted by molar-refractivity contribution is 5.80. The van der Waals surface area contributed by atoms with E-state index >= 15 is 0 Å². The molecule has 0 bridgehead atoms. The highest BCUT2D eigenvalue weighted by Gasteiger charge is 2.30. The molecule has 4 nitrogen and oxygen atoms in total. The van der Waals surface area contributed by atoms with Crippen LogP contribution in [0.4, 0.5) is 0 Å². The maximum Gasteiger partial charge on any atom is 0.193 e. The number of rotatable bonds is 5. The van der Waals surface area contributed by atoms with E-state index in [2.05, 4.69) is 40.9 Å². The third-order valence-electron chi connectivity index (χ3n) is 5.25. The Hall–Kier alpha value is -0.770. The van der Waals surface area contributed by atoms with Crippen LogP contribution in [0.2, 0.25) is 0 Å². The topological polar surface area (TPSA) is 30.9 Å². The first-order valence-electron chi connectivity index (χ1n) is 9.18.